The highest BCUT2D eigenvalue weighted by atomic mass is 16.5. The van der Waals surface area contributed by atoms with E-state index in [2.05, 4.69) is 6.58 Å². The van der Waals surface area contributed by atoms with Gasteiger partial charge in [0.2, 0.25) is 11.6 Å². The van der Waals surface area contributed by atoms with Crippen LogP contribution < -0.4 is 0 Å². The lowest BCUT2D eigenvalue weighted by molar-refractivity contribution is -0.0857. The largest absolute Gasteiger partial charge is 0.353 e. The van der Waals surface area contributed by atoms with Crippen LogP contribution in [0.4, 0.5) is 0 Å². The fourth-order valence-corrected chi connectivity index (χ4v) is 1.65. The molecule has 0 unspecified atom stereocenters. The van der Waals surface area contributed by atoms with E-state index in [1.165, 1.54) is 12.1 Å². The number of Topliss-reactive ketones (excluding diaryl/α,β-unsaturated/α-hetero) is 2. The van der Waals surface area contributed by atoms with Crippen molar-refractivity contribution >= 4 is 17.6 Å². The molecule has 0 radical (unpaired) electrons. The normalized spacial score (nSPS) is 17.7. The summed E-state index contributed by atoms with van der Waals surface area (Å²) in [5, 5.41) is 18.6. The molecule has 2 N–H and O–H groups in total. The highest BCUT2D eigenvalue weighted by Gasteiger charge is 2.51. The van der Waals surface area contributed by atoms with Crippen molar-refractivity contribution in [1.29, 1.82) is 0 Å². The highest BCUT2D eigenvalue weighted by Crippen LogP contribution is 2.31. The van der Waals surface area contributed by atoms with Crippen LogP contribution in [0, 0.1) is 0 Å². The number of hydrogen-bond donors (Lipinski definition) is 2. The van der Waals surface area contributed by atoms with Crippen molar-refractivity contribution in [1.82, 2.24) is 0 Å². The molecule has 76 valence electrons. The molecule has 2 rings (SSSR count). The summed E-state index contributed by atoms with van der Waals surface area (Å²) in [5.74, 6) is -4.88. The zero-order chi connectivity index (χ0) is 11.2. The first-order chi connectivity index (χ1) is 7.00. The Labute approximate surface area is 85.5 Å². The number of rotatable bonds is 1. The molecular formula is C11H8O4. The predicted molar refractivity (Wildman–Crippen MR) is 52.4 cm³/mol. The van der Waals surface area contributed by atoms with Crippen molar-refractivity contribution in [3.63, 3.8) is 0 Å². The lowest BCUT2D eigenvalue weighted by Gasteiger charge is -2.08. The Morgan fingerprint density at radius 1 is 1.20 bits per heavy atom. The van der Waals surface area contributed by atoms with Gasteiger partial charge in [-0.25, -0.2) is 0 Å². The van der Waals surface area contributed by atoms with E-state index < -0.39 is 17.4 Å². The van der Waals surface area contributed by atoms with Crippen molar-refractivity contribution < 1.29 is 19.8 Å². The van der Waals surface area contributed by atoms with Crippen LogP contribution in [0.1, 0.15) is 26.3 Å². The van der Waals surface area contributed by atoms with E-state index in [0.717, 1.165) is 0 Å². The maximum absolute atomic E-state index is 11.5. The Hall–Kier alpha value is -1.78. The Morgan fingerprint density at radius 3 is 2.47 bits per heavy atom. The average molecular weight is 204 g/mol. The molecule has 0 bridgehead atoms. The first-order valence-electron chi connectivity index (χ1n) is 4.30. The quantitative estimate of drug-likeness (QED) is 0.512. The molecule has 0 aromatic heterocycles. The van der Waals surface area contributed by atoms with Gasteiger partial charge in [-0.05, 0) is 5.56 Å². The standard InChI is InChI=1S/C11H8O4/c1-2-6-4-3-5-7-8(6)10(13)11(14,15)9(7)12/h2-5,14-15H,1H2. The van der Waals surface area contributed by atoms with Gasteiger partial charge in [0.1, 0.15) is 0 Å². The van der Waals surface area contributed by atoms with Crippen molar-refractivity contribution in [3.8, 4) is 0 Å². The van der Waals surface area contributed by atoms with Crippen LogP contribution in [0.3, 0.4) is 0 Å². The maximum atomic E-state index is 11.5. The Kier molecular flexibility index (Phi) is 1.86. The van der Waals surface area contributed by atoms with Gasteiger partial charge in [-0.3, -0.25) is 9.59 Å². The molecule has 0 spiro atoms. The maximum Gasteiger partial charge on any atom is 0.295 e. The van der Waals surface area contributed by atoms with Crippen LogP contribution in [0.2, 0.25) is 0 Å². The topological polar surface area (TPSA) is 74.6 Å². The van der Waals surface area contributed by atoms with Gasteiger partial charge < -0.3 is 10.2 Å². The average Bonchev–Trinajstić information content (AvgIpc) is 2.41. The molecule has 15 heavy (non-hydrogen) atoms. The lowest BCUT2D eigenvalue weighted by Crippen LogP contribution is -2.40. The molecule has 1 aliphatic carbocycles. The van der Waals surface area contributed by atoms with Gasteiger partial charge in [-0.1, -0.05) is 30.9 Å². The van der Waals surface area contributed by atoms with E-state index in [0.29, 0.717) is 5.56 Å². The SMILES string of the molecule is C=Cc1cccc2c1C(=O)C(O)(O)C2=O. The fraction of sp³-hybridized carbons (Fsp3) is 0.0909. The van der Waals surface area contributed by atoms with Gasteiger partial charge in [0.05, 0.1) is 0 Å². The minimum Gasteiger partial charge on any atom is -0.353 e. The van der Waals surface area contributed by atoms with Crippen LogP contribution in [0.5, 0.6) is 0 Å². The van der Waals surface area contributed by atoms with E-state index in [-0.39, 0.29) is 11.1 Å². The highest BCUT2D eigenvalue weighted by molar-refractivity contribution is 6.31. The Bertz CT molecular complexity index is 485. The summed E-state index contributed by atoms with van der Waals surface area (Å²) in [6.45, 7) is 3.49. The third kappa shape index (κ3) is 1.09. The molecule has 1 aromatic carbocycles. The van der Waals surface area contributed by atoms with E-state index in [1.54, 1.807) is 12.1 Å². The lowest BCUT2D eigenvalue weighted by atomic mass is 10.0. The Morgan fingerprint density at radius 2 is 1.87 bits per heavy atom. The van der Waals surface area contributed by atoms with Gasteiger partial charge in [-0.2, -0.15) is 0 Å². The third-order valence-corrected chi connectivity index (χ3v) is 2.42. The monoisotopic (exact) mass is 204 g/mol. The number of ketones is 2. The van der Waals surface area contributed by atoms with E-state index in [4.69, 9.17) is 0 Å². The fourth-order valence-electron chi connectivity index (χ4n) is 1.65. The number of benzene rings is 1. The van der Waals surface area contributed by atoms with Gasteiger partial charge in [-0.15, -0.1) is 0 Å². The number of carbonyl (C=O) groups excluding carboxylic acids is 2. The molecule has 1 aromatic rings. The minimum atomic E-state index is -2.92. The number of carbonyl (C=O) groups is 2. The van der Waals surface area contributed by atoms with Crippen molar-refractivity contribution in [3.05, 3.63) is 41.5 Å². The summed E-state index contributed by atoms with van der Waals surface area (Å²) in [5.41, 5.74) is 0.487. The molecule has 0 fully saturated rings. The van der Waals surface area contributed by atoms with Crippen LogP contribution in [-0.4, -0.2) is 27.6 Å². The van der Waals surface area contributed by atoms with E-state index in [1.807, 2.05) is 0 Å². The van der Waals surface area contributed by atoms with E-state index in [9.17, 15) is 19.8 Å². The predicted octanol–water partition coefficient (Wildman–Crippen LogP) is 0.390. The summed E-state index contributed by atoms with van der Waals surface area (Å²) < 4.78 is 0. The number of hydrogen-bond acceptors (Lipinski definition) is 4. The summed E-state index contributed by atoms with van der Waals surface area (Å²) in [6, 6.07) is 4.53. The molecule has 0 heterocycles. The third-order valence-electron chi connectivity index (χ3n) is 2.42. The molecule has 0 aliphatic heterocycles. The second-order valence-corrected chi connectivity index (χ2v) is 3.30. The summed E-state index contributed by atoms with van der Waals surface area (Å²) in [6.07, 6.45) is 1.39. The van der Waals surface area contributed by atoms with Gasteiger partial charge in [0.25, 0.3) is 5.79 Å². The number of fused-ring (bicyclic) bond motifs is 1. The molecule has 4 nitrogen and oxygen atoms in total. The molecule has 0 amide bonds. The second kappa shape index (κ2) is 2.85. The molecule has 1 aliphatic rings. The Balaban J connectivity index is 2.78. The van der Waals surface area contributed by atoms with Crippen LogP contribution >= 0.6 is 0 Å². The minimum absolute atomic E-state index is 0.0300. The van der Waals surface area contributed by atoms with Crippen molar-refractivity contribution in [2.24, 2.45) is 0 Å². The first kappa shape index (κ1) is 9.76. The summed E-state index contributed by atoms with van der Waals surface area (Å²) >= 11 is 0. The molecule has 0 saturated heterocycles. The number of aliphatic hydroxyl groups is 2. The summed E-state index contributed by atoms with van der Waals surface area (Å²) in [7, 11) is 0. The molecular weight excluding hydrogens is 196 g/mol. The second-order valence-electron chi connectivity index (χ2n) is 3.30. The zero-order valence-electron chi connectivity index (χ0n) is 7.73. The van der Waals surface area contributed by atoms with Gasteiger partial charge in [0.15, 0.2) is 0 Å². The first-order valence-corrected chi connectivity index (χ1v) is 4.30. The zero-order valence-corrected chi connectivity index (χ0v) is 7.73. The molecule has 0 atom stereocenters. The van der Waals surface area contributed by atoms with Gasteiger partial charge >= 0.3 is 0 Å². The van der Waals surface area contributed by atoms with Crippen molar-refractivity contribution in [2.75, 3.05) is 0 Å². The van der Waals surface area contributed by atoms with Gasteiger partial charge in [0, 0.05) is 11.1 Å². The van der Waals surface area contributed by atoms with E-state index >= 15 is 0 Å². The molecule has 0 saturated carbocycles. The smallest absolute Gasteiger partial charge is 0.295 e. The van der Waals surface area contributed by atoms with Crippen LogP contribution in [0.25, 0.3) is 6.08 Å². The van der Waals surface area contributed by atoms with Crippen molar-refractivity contribution in [2.45, 2.75) is 5.79 Å². The summed E-state index contributed by atoms with van der Waals surface area (Å²) in [4.78, 5) is 23.0. The van der Waals surface area contributed by atoms with Crippen LogP contribution in [0.15, 0.2) is 24.8 Å². The molecule has 4 heteroatoms. The van der Waals surface area contributed by atoms with Crippen LogP contribution in [-0.2, 0) is 0 Å².